The molecule has 0 radical (unpaired) electrons. The Hall–Kier alpha value is -3.53. The topological polar surface area (TPSA) is 97.7 Å². The smallest absolute Gasteiger partial charge is 0.338 e. The number of fused-ring (bicyclic) bond motifs is 1. The van der Waals surface area contributed by atoms with Gasteiger partial charge in [-0.2, -0.15) is 5.26 Å². The number of carbonyl (C=O) groups is 2. The van der Waals surface area contributed by atoms with Crippen LogP contribution in [0.1, 0.15) is 28.4 Å². The predicted molar refractivity (Wildman–Crippen MR) is 90.4 cm³/mol. The monoisotopic (exact) mass is 352 g/mol. The number of amides is 1. The molecule has 0 saturated heterocycles. The van der Waals surface area contributed by atoms with Crippen LogP contribution in [-0.4, -0.2) is 24.8 Å². The number of hydrogen-bond acceptors (Lipinski definition) is 6. The van der Waals surface area contributed by atoms with Crippen LogP contribution in [0.15, 0.2) is 42.5 Å². The molecule has 2 aromatic carbocycles. The summed E-state index contributed by atoms with van der Waals surface area (Å²) in [5.74, 6) is 0.270. The van der Waals surface area contributed by atoms with Gasteiger partial charge >= 0.3 is 5.97 Å². The van der Waals surface area contributed by atoms with Gasteiger partial charge in [-0.15, -0.1) is 0 Å². The summed E-state index contributed by atoms with van der Waals surface area (Å²) in [6.45, 7) is 1.96. The van der Waals surface area contributed by atoms with Gasteiger partial charge in [0.15, 0.2) is 17.6 Å². The highest BCUT2D eigenvalue weighted by molar-refractivity contribution is 5.92. The third-order valence-corrected chi connectivity index (χ3v) is 3.81. The van der Waals surface area contributed by atoms with Crippen molar-refractivity contribution in [1.82, 2.24) is 5.32 Å². The van der Waals surface area contributed by atoms with Crippen LogP contribution in [0.3, 0.4) is 0 Å². The lowest BCUT2D eigenvalue weighted by Gasteiger charge is -2.13. The zero-order chi connectivity index (χ0) is 18.5. The number of hydrogen-bond donors (Lipinski definition) is 1. The second-order valence-corrected chi connectivity index (χ2v) is 5.64. The predicted octanol–water partition coefficient (Wildman–Crippen LogP) is 2.15. The lowest BCUT2D eigenvalue weighted by Crippen LogP contribution is -2.35. The van der Waals surface area contributed by atoms with Crippen LogP contribution >= 0.6 is 0 Å². The average molecular weight is 352 g/mol. The SMILES string of the molecule is C[C@@H](OC(=O)c1ccc(C#N)cc1)C(=O)NCc1ccc2c(c1)OCO2. The van der Waals surface area contributed by atoms with Crippen molar-refractivity contribution in [3.63, 3.8) is 0 Å². The molecule has 1 aliphatic rings. The molecular formula is C19H16N2O5. The summed E-state index contributed by atoms with van der Waals surface area (Å²) < 4.78 is 15.7. The zero-order valence-electron chi connectivity index (χ0n) is 14.0. The summed E-state index contributed by atoms with van der Waals surface area (Å²) in [4.78, 5) is 24.2. The van der Waals surface area contributed by atoms with Crippen molar-refractivity contribution >= 4 is 11.9 Å². The van der Waals surface area contributed by atoms with Crippen LogP contribution in [-0.2, 0) is 16.1 Å². The van der Waals surface area contributed by atoms with Gasteiger partial charge in [0, 0.05) is 6.54 Å². The molecule has 1 heterocycles. The molecule has 0 fully saturated rings. The summed E-state index contributed by atoms with van der Waals surface area (Å²) in [7, 11) is 0. The molecule has 0 spiro atoms. The van der Waals surface area contributed by atoms with Crippen molar-refractivity contribution in [1.29, 1.82) is 5.26 Å². The van der Waals surface area contributed by atoms with Crippen LogP contribution < -0.4 is 14.8 Å². The number of ether oxygens (including phenoxy) is 3. The van der Waals surface area contributed by atoms with E-state index in [9.17, 15) is 9.59 Å². The fourth-order valence-corrected chi connectivity index (χ4v) is 2.35. The van der Waals surface area contributed by atoms with Gasteiger partial charge in [-0.25, -0.2) is 4.79 Å². The van der Waals surface area contributed by atoms with E-state index >= 15 is 0 Å². The number of nitrogens with one attached hydrogen (secondary N) is 1. The highest BCUT2D eigenvalue weighted by atomic mass is 16.7. The number of carbonyl (C=O) groups excluding carboxylic acids is 2. The van der Waals surface area contributed by atoms with Crippen molar-refractivity contribution in [2.45, 2.75) is 19.6 Å². The number of esters is 1. The molecule has 3 rings (SSSR count). The molecule has 1 atom stereocenters. The van der Waals surface area contributed by atoms with Crippen molar-refractivity contribution in [2.75, 3.05) is 6.79 Å². The molecule has 7 nitrogen and oxygen atoms in total. The van der Waals surface area contributed by atoms with E-state index < -0.39 is 18.0 Å². The molecule has 1 aliphatic heterocycles. The maximum absolute atomic E-state index is 12.1. The highest BCUT2D eigenvalue weighted by Gasteiger charge is 2.19. The number of nitriles is 1. The highest BCUT2D eigenvalue weighted by Crippen LogP contribution is 2.32. The molecule has 2 aromatic rings. The minimum Gasteiger partial charge on any atom is -0.454 e. The minimum atomic E-state index is -0.952. The summed E-state index contributed by atoms with van der Waals surface area (Å²) in [6.07, 6.45) is -0.952. The first-order chi connectivity index (χ1) is 12.6. The van der Waals surface area contributed by atoms with Gasteiger partial charge in [0.25, 0.3) is 5.91 Å². The largest absolute Gasteiger partial charge is 0.454 e. The van der Waals surface area contributed by atoms with E-state index in [-0.39, 0.29) is 18.9 Å². The molecule has 0 aliphatic carbocycles. The number of rotatable bonds is 5. The van der Waals surface area contributed by atoms with Gasteiger partial charge in [-0.3, -0.25) is 4.79 Å². The molecule has 7 heteroatoms. The van der Waals surface area contributed by atoms with E-state index in [1.165, 1.54) is 31.2 Å². The second-order valence-electron chi connectivity index (χ2n) is 5.64. The molecule has 1 amide bonds. The Morgan fingerprint density at radius 3 is 2.65 bits per heavy atom. The maximum atomic E-state index is 12.1. The third kappa shape index (κ3) is 3.92. The molecule has 0 unspecified atom stereocenters. The van der Waals surface area contributed by atoms with Gasteiger partial charge in [-0.05, 0) is 48.9 Å². The van der Waals surface area contributed by atoms with E-state index in [0.717, 1.165) is 5.56 Å². The first-order valence-electron chi connectivity index (χ1n) is 7.94. The van der Waals surface area contributed by atoms with E-state index in [1.807, 2.05) is 12.1 Å². The van der Waals surface area contributed by atoms with Crippen molar-refractivity contribution in [2.24, 2.45) is 0 Å². The second kappa shape index (κ2) is 7.57. The van der Waals surface area contributed by atoms with Gasteiger partial charge in [0.05, 0.1) is 17.2 Å². The minimum absolute atomic E-state index is 0.188. The first-order valence-corrected chi connectivity index (χ1v) is 7.94. The fourth-order valence-electron chi connectivity index (χ4n) is 2.35. The lowest BCUT2D eigenvalue weighted by atomic mass is 10.1. The summed E-state index contributed by atoms with van der Waals surface area (Å²) in [5.41, 5.74) is 1.56. The van der Waals surface area contributed by atoms with Crippen LogP contribution in [0, 0.1) is 11.3 Å². The molecule has 132 valence electrons. The normalized spacial score (nSPS) is 12.8. The van der Waals surface area contributed by atoms with Crippen LogP contribution in [0.5, 0.6) is 11.5 Å². The zero-order valence-corrected chi connectivity index (χ0v) is 14.0. The van der Waals surface area contributed by atoms with Gasteiger partial charge < -0.3 is 19.5 Å². The molecule has 0 bridgehead atoms. The van der Waals surface area contributed by atoms with Crippen LogP contribution in [0.25, 0.3) is 0 Å². The third-order valence-electron chi connectivity index (χ3n) is 3.81. The van der Waals surface area contributed by atoms with Crippen molar-refractivity contribution in [3.05, 3.63) is 59.2 Å². The molecule has 1 N–H and O–H groups in total. The Morgan fingerprint density at radius 2 is 1.92 bits per heavy atom. The maximum Gasteiger partial charge on any atom is 0.338 e. The van der Waals surface area contributed by atoms with Gasteiger partial charge in [0.2, 0.25) is 6.79 Å². The Kier molecular flexibility index (Phi) is 5.04. The molecular weight excluding hydrogens is 336 g/mol. The quantitative estimate of drug-likeness (QED) is 0.828. The van der Waals surface area contributed by atoms with E-state index in [1.54, 1.807) is 12.1 Å². The molecule has 0 aromatic heterocycles. The van der Waals surface area contributed by atoms with E-state index in [0.29, 0.717) is 17.1 Å². The van der Waals surface area contributed by atoms with Gasteiger partial charge in [-0.1, -0.05) is 6.07 Å². The van der Waals surface area contributed by atoms with Gasteiger partial charge in [0.1, 0.15) is 0 Å². The van der Waals surface area contributed by atoms with E-state index in [4.69, 9.17) is 19.5 Å². The van der Waals surface area contributed by atoms with Crippen molar-refractivity contribution in [3.8, 4) is 17.6 Å². The summed E-state index contributed by atoms with van der Waals surface area (Å²) >= 11 is 0. The Labute approximate surface area is 150 Å². The summed E-state index contributed by atoms with van der Waals surface area (Å²) in [5, 5.41) is 11.5. The average Bonchev–Trinajstić information content (AvgIpc) is 3.13. The Morgan fingerprint density at radius 1 is 1.19 bits per heavy atom. The number of nitrogens with zero attached hydrogens (tertiary/aromatic N) is 1. The fraction of sp³-hybridized carbons (Fsp3) is 0.211. The standard InChI is InChI=1S/C19H16N2O5/c1-12(26-19(23)15-5-2-13(9-20)3-6-15)18(22)21-10-14-4-7-16-17(8-14)25-11-24-16/h2-8,12H,10-11H2,1H3,(H,21,22)/t12-/m1/s1. The van der Waals surface area contributed by atoms with E-state index in [2.05, 4.69) is 5.32 Å². The number of benzene rings is 2. The molecule has 26 heavy (non-hydrogen) atoms. The molecule has 0 saturated carbocycles. The Balaban J connectivity index is 1.52. The van der Waals surface area contributed by atoms with Crippen LogP contribution in [0.2, 0.25) is 0 Å². The lowest BCUT2D eigenvalue weighted by molar-refractivity contribution is -0.129. The first kappa shape index (κ1) is 17.3. The van der Waals surface area contributed by atoms with Crippen LogP contribution in [0.4, 0.5) is 0 Å². The van der Waals surface area contributed by atoms with Crippen molar-refractivity contribution < 1.29 is 23.8 Å². The Bertz CT molecular complexity index is 870. The summed E-state index contributed by atoms with van der Waals surface area (Å²) in [6, 6.07) is 13.3.